The van der Waals surface area contributed by atoms with Crippen molar-refractivity contribution in [1.82, 2.24) is 4.90 Å². The number of fused-ring (bicyclic) bond motifs is 1. The third-order valence-electron chi connectivity index (χ3n) is 1.96. The van der Waals surface area contributed by atoms with E-state index in [1.807, 2.05) is 26.0 Å². The van der Waals surface area contributed by atoms with Gasteiger partial charge in [0.05, 0.1) is 0 Å². The van der Waals surface area contributed by atoms with Gasteiger partial charge in [-0.05, 0) is 45.6 Å². The number of nitrogens with zero attached hydrogens (tertiary/aromatic N) is 1. The third-order valence-corrected chi connectivity index (χ3v) is 1.96. The summed E-state index contributed by atoms with van der Waals surface area (Å²) in [7, 11) is 6.00. The van der Waals surface area contributed by atoms with Crippen molar-refractivity contribution in [3.8, 4) is 0 Å². The van der Waals surface area contributed by atoms with Crippen LogP contribution in [0.25, 0.3) is 0 Å². The molecule has 0 fully saturated rings. The first-order valence-corrected chi connectivity index (χ1v) is 5.13. The monoisotopic (exact) mass is 192 g/mol. The van der Waals surface area contributed by atoms with Crippen molar-refractivity contribution in [2.75, 3.05) is 33.0 Å². The van der Waals surface area contributed by atoms with Crippen molar-refractivity contribution < 1.29 is 0 Å². The van der Waals surface area contributed by atoms with Crippen molar-refractivity contribution >= 4 is 5.69 Å². The smallest absolute Gasteiger partial charge is 0.0372 e. The molecule has 1 aliphatic rings. The summed E-state index contributed by atoms with van der Waals surface area (Å²) in [5.41, 5.74) is 2.79. The van der Waals surface area contributed by atoms with Gasteiger partial charge in [0.1, 0.15) is 0 Å². The summed E-state index contributed by atoms with van der Waals surface area (Å²) in [6, 6.07) is 8.53. The van der Waals surface area contributed by atoms with E-state index in [4.69, 9.17) is 0 Å². The maximum atomic E-state index is 3.36. The molecule has 2 nitrogen and oxygen atoms in total. The fourth-order valence-electron chi connectivity index (χ4n) is 1.41. The zero-order valence-corrected chi connectivity index (χ0v) is 9.38. The van der Waals surface area contributed by atoms with Crippen LogP contribution in [-0.2, 0) is 6.42 Å². The van der Waals surface area contributed by atoms with Gasteiger partial charge >= 0.3 is 0 Å². The summed E-state index contributed by atoms with van der Waals surface area (Å²) in [5, 5.41) is 3.36. The van der Waals surface area contributed by atoms with E-state index in [1.165, 1.54) is 24.1 Å². The minimum Gasteiger partial charge on any atom is -0.385 e. The van der Waals surface area contributed by atoms with E-state index < -0.39 is 0 Å². The van der Waals surface area contributed by atoms with Crippen LogP contribution in [0.2, 0.25) is 0 Å². The van der Waals surface area contributed by atoms with Crippen molar-refractivity contribution in [1.29, 1.82) is 0 Å². The lowest BCUT2D eigenvalue weighted by Crippen LogP contribution is -2.10. The standard InChI is InChI=1S/C9H11N.C3H9N/c1-2-6-9-8(4-1)5-3-7-10-9;1-4(2)3/h1-2,4,6,10H,3,5,7H2;1-3H3. The van der Waals surface area contributed by atoms with E-state index >= 15 is 0 Å². The zero-order valence-electron chi connectivity index (χ0n) is 9.38. The quantitative estimate of drug-likeness (QED) is 0.678. The average Bonchev–Trinajstić information content (AvgIpc) is 2.17. The predicted octanol–water partition coefficient (Wildman–Crippen LogP) is 2.22. The molecule has 1 aromatic carbocycles. The van der Waals surface area contributed by atoms with Gasteiger partial charge in [0, 0.05) is 12.2 Å². The third kappa shape index (κ3) is 3.79. The molecule has 0 unspecified atom stereocenters. The zero-order chi connectivity index (χ0) is 10.4. The van der Waals surface area contributed by atoms with Gasteiger partial charge in [-0.25, -0.2) is 0 Å². The summed E-state index contributed by atoms with van der Waals surface area (Å²) in [6.45, 7) is 1.14. The number of anilines is 1. The van der Waals surface area contributed by atoms with Crippen LogP contribution in [0.4, 0.5) is 5.69 Å². The van der Waals surface area contributed by atoms with Crippen molar-refractivity contribution in [3.63, 3.8) is 0 Å². The first kappa shape index (κ1) is 11.1. The maximum Gasteiger partial charge on any atom is 0.0372 e. The lowest BCUT2D eigenvalue weighted by molar-refractivity contribution is 0.505. The molecule has 0 amide bonds. The Labute approximate surface area is 86.9 Å². The molecule has 0 saturated carbocycles. The number of para-hydroxylation sites is 1. The molecule has 0 spiro atoms. The van der Waals surface area contributed by atoms with Crippen LogP contribution in [-0.4, -0.2) is 32.6 Å². The van der Waals surface area contributed by atoms with E-state index in [-0.39, 0.29) is 0 Å². The van der Waals surface area contributed by atoms with Gasteiger partial charge in [-0.2, -0.15) is 0 Å². The van der Waals surface area contributed by atoms with Crippen LogP contribution < -0.4 is 5.32 Å². The van der Waals surface area contributed by atoms with E-state index in [0.29, 0.717) is 0 Å². The molecule has 0 aliphatic carbocycles. The molecule has 78 valence electrons. The molecule has 0 aromatic heterocycles. The fourth-order valence-corrected chi connectivity index (χ4v) is 1.41. The van der Waals surface area contributed by atoms with Crippen LogP contribution in [0.3, 0.4) is 0 Å². The predicted molar refractivity (Wildman–Crippen MR) is 62.9 cm³/mol. The number of benzene rings is 1. The van der Waals surface area contributed by atoms with Crippen molar-refractivity contribution in [3.05, 3.63) is 29.8 Å². The normalized spacial score (nSPS) is 13.7. The molecule has 1 heterocycles. The first-order chi connectivity index (χ1) is 6.70. The van der Waals surface area contributed by atoms with Gasteiger partial charge in [0.2, 0.25) is 0 Å². The molecule has 1 aliphatic heterocycles. The largest absolute Gasteiger partial charge is 0.385 e. The van der Waals surface area contributed by atoms with Crippen molar-refractivity contribution in [2.45, 2.75) is 12.8 Å². The first-order valence-electron chi connectivity index (χ1n) is 5.13. The van der Waals surface area contributed by atoms with Gasteiger partial charge in [-0.15, -0.1) is 0 Å². The molecule has 14 heavy (non-hydrogen) atoms. The molecule has 0 saturated heterocycles. The van der Waals surface area contributed by atoms with Gasteiger partial charge in [0.15, 0.2) is 0 Å². The van der Waals surface area contributed by atoms with E-state index in [1.54, 1.807) is 0 Å². The Balaban J connectivity index is 0.000000213. The second kappa shape index (κ2) is 5.66. The van der Waals surface area contributed by atoms with Gasteiger partial charge in [-0.3, -0.25) is 0 Å². The highest BCUT2D eigenvalue weighted by molar-refractivity contribution is 5.52. The number of hydrogen-bond acceptors (Lipinski definition) is 2. The molecular formula is C12H20N2. The van der Waals surface area contributed by atoms with Gasteiger partial charge in [0.25, 0.3) is 0 Å². The maximum absolute atomic E-state index is 3.36. The summed E-state index contributed by atoms with van der Waals surface area (Å²) < 4.78 is 0. The van der Waals surface area contributed by atoms with Crippen molar-refractivity contribution in [2.24, 2.45) is 0 Å². The van der Waals surface area contributed by atoms with Gasteiger partial charge in [-0.1, -0.05) is 18.2 Å². The lowest BCUT2D eigenvalue weighted by Gasteiger charge is -2.16. The van der Waals surface area contributed by atoms with E-state index in [2.05, 4.69) is 29.6 Å². The Morgan fingerprint density at radius 3 is 2.43 bits per heavy atom. The number of rotatable bonds is 0. The SMILES string of the molecule is CN(C)C.c1ccc2c(c1)CCCN2. The van der Waals surface area contributed by atoms with Crippen LogP contribution in [0.15, 0.2) is 24.3 Å². The number of hydrogen-bond donors (Lipinski definition) is 1. The molecular weight excluding hydrogens is 172 g/mol. The van der Waals surface area contributed by atoms with Crippen LogP contribution in [0.1, 0.15) is 12.0 Å². The van der Waals surface area contributed by atoms with Crippen LogP contribution in [0.5, 0.6) is 0 Å². The van der Waals surface area contributed by atoms with Crippen LogP contribution in [0, 0.1) is 0 Å². The molecule has 1 aromatic rings. The Hall–Kier alpha value is -1.02. The Morgan fingerprint density at radius 2 is 1.79 bits per heavy atom. The van der Waals surface area contributed by atoms with E-state index in [9.17, 15) is 0 Å². The highest BCUT2D eigenvalue weighted by atomic mass is 15.0. The summed E-state index contributed by atoms with van der Waals surface area (Å²) in [5.74, 6) is 0. The molecule has 0 atom stereocenters. The molecule has 2 rings (SSSR count). The summed E-state index contributed by atoms with van der Waals surface area (Å²) in [6.07, 6.45) is 2.51. The minimum atomic E-state index is 1.14. The summed E-state index contributed by atoms with van der Waals surface area (Å²) >= 11 is 0. The highest BCUT2D eigenvalue weighted by Gasteiger charge is 2.04. The van der Waals surface area contributed by atoms with Gasteiger partial charge < -0.3 is 10.2 Å². The molecule has 0 bridgehead atoms. The molecule has 0 radical (unpaired) electrons. The fraction of sp³-hybridized carbons (Fsp3) is 0.500. The number of aryl methyl sites for hydroxylation is 1. The average molecular weight is 192 g/mol. The molecule has 2 heteroatoms. The molecule has 1 N–H and O–H groups in total. The minimum absolute atomic E-state index is 1.14. The highest BCUT2D eigenvalue weighted by Crippen LogP contribution is 2.19. The second-order valence-corrected chi connectivity index (χ2v) is 4.03. The Kier molecular flexibility index (Phi) is 4.47. The second-order valence-electron chi connectivity index (χ2n) is 4.03. The Bertz CT molecular complexity index is 241. The topological polar surface area (TPSA) is 15.3 Å². The van der Waals surface area contributed by atoms with Crippen LogP contribution >= 0.6 is 0 Å². The summed E-state index contributed by atoms with van der Waals surface area (Å²) in [4.78, 5) is 2.00. The Morgan fingerprint density at radius 1 is 1.14 bits per heavy atom. The van der Waals surface area contributed by atoms with E-state index in [0.717, 1.165) is 6.54 Å². The number of nitrogens with one attached hydrogen (secondary N) is 1. The lowest BCUT2D eigenvalue weighted by atomic mass is 10.0.